The van der Waals surface area contributed by atoms with Crippen LogP contribution in [0.4, 0.5) is 0 Å². The SMILES string of the molecule is COC(=O)c1ccc(-c2cccc(Cl)c2C)o1. The van der Waals surface area contributed by atoms with Crippen molar-refractivity contribution in [1.29, 1.82) is 0 Å². The van der Waals surface area contributed by atoms with Crippen LogP contribution in [0.15, 0.2) is 34.7 Å². The van der Waals surface area contributed by atoms with E-state index in [0.717, 1.165) is 11.1 Å². The first-order valence-electron chi connectivity index (χ1n) is 5.07. The van der Waals surface area contributed by atoms with Crippen molar-refractivity contribution in [1.82, 2.24) is 0 Å². The maximum Gasteiger partial charge on any atom is 0.373 e. The van der Waals surface area contributed by atoms with Crippen molar-refractivity contribution >= 4 is 17.6 Å². The molecule has 0 radical (unpaired) electrons. The van der Waals surface area contributed by atoms with Crippen LogP contribution in [0.2, 0.25) is 5.02 Å². The van der Waals surface area contributed by atoms with Gasteiger partial charge in [0.25, 0.3) is 0 Å². The molecule has 0 N–H and O–H groups in total. The number of hydrogen-bond donors (Lipinski definition) is 0. The Balaban J connectivity index is 2.44. The molecule has 1 aromatic heterocycles. The normalized spacial score (nSPS) is 10.3. The molecule has 2 aromatic rings. The van der Waals surface area contributed by atoms with Crippen molar-refractivity contribution in [2.24, 2.45) is 0 Å². The summed E-state index contributed by atoms with van der Waals surface area (Å²) >= 11 is 6.03. The number of halogens is 1. The molecule has 0 aliphatic rings. The molecule has 1 aromatic carbocycles. The average Bonchev–Trinajstić information content (AvgIpc) is 2.81. The molecule has 0 atom stereocenters. The number of hydrogen-bond acceptors (Lipinski definition) is 3. The lowest BCUT2D eigenvalue weighted by atomic mass is 10.1. The Morgan fingerprint density at radius 2 is 2.06 bits per heavy atom. The van der Waals surface area contributed by atoms with Crippen LogP contribution in [0.25, 0.3) is 11.3 Å². The second-order valence-electron chi connectivity index (χ2n) is 3.57. The number of rotatable bonds is 2. The van der Waals surface area contributed by atoms with Gasteiger partial charge in [-0.05, 0) is 30.7 Å². The van der Waals surface area contributed by atoms with Gasteiger partial charge in [0.1, 0.15) is 5.76 Å². The Labute approximate surface area is 104 Å². The van der Waals surface area contributed by atoms with Crippen molar-refractivity contribution in [2.75, 3.05) is 7.11 Å². The van der Waals surface area contributed by atoms with Crippen LogP contribution >= 0.6 is 11.6 Å². The molecule has 0 bridgehead atoms. The maximum absolute atomic E-state index is 11.3. The smallest absolute Gasteiger partial charge is 0.373 e. The summed E-state index contributed by atoms with van der Waals surface area (Å²) in [6.07, 6.45) is 0. The summed E-state index contributed by atoms with van der Waals surface area (Å²) in [6, 6.07) is 8.85. The van der Waals surface area contributed by atoms with Crippen molar-refractivity contribution in [3.63, 3.8) is 0 Å². The van der Waals surface area contributed by atoms with Crippen LogP contribution in [0.3, 0.4) is 0 Å². The minimum atomic E-state index is -0.490. The summed E-state index contributed by atoms with van der Waals surface area (Å²) in [5.74, 6) is 0.295. The first-order valence-corrected chi connectivity index (χ1v) is 5.45. The molecule has 17 heavy (non-hydrogen) atoms. The predicted octanol–water partition coefficient (Wildman–Crippen LogP) is 3.70. The fraction of sp³-hybridized carbons (Fsp3) is 0.154. The molecule has 0 saturated heterocycles. The minimum absolute atomic E-state index is 0.182. The molecule has 88 valence electrons. The summed E-state index contributed by atoms with van der Waals surface area (Å²) in [5, 5.41) is 0.665. The van der Waals surface area contributed by atoms with Gasteiger partial charge in [-0.3, -0.25) is 0 Å². The zero-order valence-electron chi connectivity index (χ0n) is 9.49. The number of furan rings is 1. The minimum Gasteiger partial charge on any atom is -0.463 e. The molecule has 0 aliphatic heterocycles. The lowest BCUT2D eigenvalue weighted by molar-refractivity contribution is 0.0566. The number of carbonyl (C=O) groups excluding carboxylic acids is 1. The van der Waals surface area contributed by atoms with Crippen molar-refractivity contribution in [3.8, 4) is 11.3 Å². The summed E-state index contributed by atoms with van der Waals surface area (Å²) < 4.78 is 10.0. The van der Waals surface area contributed by atoms with Gasteiger partial charge in [-0.2, -0.15) is 0 Å². The van der Waals surface area contributed by atoms with E-state index in [1.165, 1.54) is 7.11 Å². The highest BCUT2D eigenvalue weighted by Gasteiger charge is 2.14. The second kappa shape index (κ2) is 4.63. The van der Waals surface area contributed by atoms with E-state index in [1.54, 1.807) is 12.1 Å². The van der Waals surface area contributed by atoms with E-state index in [9.17, 15) is 4.79 Å². The van der Waals surface area contributed by atoms with Gasteiger partial charge in [0.15, 0.2) is 0 Å². The van der Waals surface area contributed by atoms with Crippen LogP contribution in [-0.2, 0) is 4.74 Å². The van der Waals surface area contributed by atoms with Gasteiger partial charge >= 0.3 is 5.97 Å². The Hall–Kier alpha value is -1.74. The molecule has 2 rings (SSSR count). The fourth-order valence-electron chi connectivity index (χ4n) is 1.57. The highest BCUT2D eigenvalue weighted by Crippen LogP contribution is 2.29. The van der Waals surface area contributed by atoms with E-state index in [1.807, 2.05) is 25.1 Å². The molecule has 0 spiro atoms. The zero-order chi connectivity index (χ0) is 12.4. The van der Waals surface area contributed by atoms with Crippen molar-refractivity contribution in [2.45, 2.75) is 6.92 Å². The van der Waals surface area contributed by atoms with Gasteiger partial charge in [-0.15, -0.1) is 0 Å². The van der Waals surface area contributed by atoms with Gasteiger partial charge in [-0.1, -0.05) is 23.7 Å². The predicted molar refractivity (Wildman–Crippen MR) is 65.2 cm³/mol. The van der Waals surface area contributed by atoms with Crippen molar-refractivity contribution < 1.29 is 13.9 Å². The topological polar surface area (TPSA) is 39.4 Å². The first kappa shape index (κ1) is 11.7. The van der Waals surface area contributed by atoms with Gasteiger partial charge < -0.3 is 9.15 Å². The molecule has 4 heteroatoms. The number of ether oxygens (including phenoxy) is 1. The highest BCUT2D eigenvalue weighted by atomic mass is 35.5. The zero-order valence-corrected chi connectivity index (χ0v) is 10.2. The summed E-state index contributed by atoms with van der Waals surface area (Å²) in [5.41, 5.74) is 1.78. The van der Waals surface area contributed by atoms with Gasteiger partial charge in [-0.25, -0.2) is 4.79 Å². The number of benzene rings is 1. The number of carbonyl (C=O) groups is 1. The molecule has 0 saturated carbocycles. The molecule has 0 aliphatic carbocycles. The average molecular weight is 251 g/mol. The van der Waals surface area contributed by atoms with Gasteiger partial charge in [0.05, 0.1) is 7.11 Å². The molecular formula is C13H11ClO3. The second-order valence-corrected chi connectivity index (χ2v) is 3.98. The van der Waals surface area contributed by atoms with E-state index in [4.69, 9.17) is 16.0 Å². The third-order valence-electron chi connectivity index (χ3n) is 2.53. The third-order valence-corrected chi connectivity index (χ3v) is 2.94. The maximum atomic E-state index is 11.3. The lowest BCUT2D eigenvalue weighted by Crippen LogP contribution is -1.98. The van der Waals surface area contributed by atoms with Crippen LogP contribution in [-0.4, -0.2) is 13.1 Å². The van der Waals surface area contributed by atoms with Gasteiger partial charge in [0.2, 0.25) is 5.76 Å². The van der Waals surface area contributed by atoms with Crippen LogP contribution in [0.1, 0.15) is 16.1 Å². The third kappa shape index (κ3) is 2.19. The Kier molecular flexibility index (Phi) is 3.20. The van der Waals surface area contributed by atoms with E-state index in [-0.39, 0.29) is 5.76 Å². The highest BCUT2D eigenvalue weighted by molar-refractivity contribution is 6.31. The monoisotopic (exact) mass is 250 g/mol. The quantitative estimate of drug-likeness (QED) is 0.763. The van der Waals surface area contributed by atoms with E-state index < -0.39 is 5.97 Å². The van der Waals surface area contributed by atoms with E-state index >= 15 is 0 Å². The number of esters is 1. The standard InChI is InChI=1S/C13H11ClO3/c1-8-9(4-3-5-10(8)14)11-6-7-12(17-11)13(15)16-2/h3-7H,1-2H3. The van der Waals surface area contributed by atoms with Crippen LogP contribution < -0.4 is 0 Å². The van der Waals surface area contributed by atoms with Crippen molar-refractivity contribution in [3.05, 3.63) is 46.7 Å². The fourth-order valence-corrected chi connectivity index (χ4v) is 1.74. The van der Waals surface area contributed by atoms with E-state index in [0.29, 0.717) is 10.8 Å². The largest absolute Gasteiger partial charge is 0.463 e. The lowest BCUT2D eigenvalue weighted by Gasteiger charge is -2.03. The molecule has 0 fully saturated rings. The molecular weight excluding hydrogens is 240 g/mol. The Morgan fingerprint density at radius 1 is 1.29 bits per heavy atom. The summed E-state index contributed by atoms with van der Waals surface area (Å²) in [7, 11) is 1.31. The van der Waals surface area contributed by atoms with E-state index in [2.05, 4.69) is 4.74 Å². The molecule has 1 heterocycles. The van der Waals surface area contributed by atoms with Crippen LogP contribution in [0, 0.1) is 6.92 Å². The Morgan fingerprint density at radius 3 is 2.76 bits per heavy atom. The van der Waals surface area contributed by atoms with Gasteiger partial charge in [0, 0.05) is 10.6 Å². The summed E-state index contributed by atoms with van der Waals surface area (Å²) in [6.45, 7) is 1.90. The number of methoxy groups -OCH3 is 1. The molecule has 0 unspecified atom stereocenters. The molecule has 0 amide bonds. The van der Waals surface area contributed by atoms with Crippen LogP contribution in [0.5, 0.6) is 0 Å². The summed E-state index contributed by atoms with van der Waals surface area (Å²) in [4.78, 5) is 11.3. The first-order chi connectivity index (χ1) is 8.13. The molecule has 3 nitrogen and oxygen atoms in total. The Bertz CT molecular complexity index is 558.